The van der Waals surface area contributed by atoms with E-state index in [0.29, 0.717) is 38.3 Å². The van der Waals surface area contributed by atoms with Crippen LogP contribution in [-0.4, -0.2) is 36.7 Å². The summed E-state index contributed by atoms with van der Waals surface area (Å²) in [7, 11) is 0. The molecule has 0 bridgehead atoms. The molecule has 1 fully saturated rings. The molecule has 0 unspecified atom stereocenters. The molecule has 1 saturated carbocycles. The largest absolute Gasteiger partial charge is 0.379 e. The van der Waals surface area contributed by atoms with Crippen LogP contribution in [0.5, 0.6) is 0 Å². The highest BCUT2D eigenvalue weighted by Gasteiger charge is 2.32. The van der Waals surface area contributed by atoms with Gasteiger partial charge in [0.2, 0.25) is 0 Å². The van der Waals surface area contributed by atoms with Gasteiger partial charge in [-0.15, -0.1) is 0 Å². The molecular formula is C17H25FN2O2. The molecule has 1 aromatic carbocycles. The predicted molar refractivity (Wildman–Crippen MR) is 84.0 cm³/mol. The number of carbonyl (C=O) groups is 1. The molecule has 0 aliphatic heterocycles. The predicted octanol–water partition coefficient (Wildman–Crippen LogP) is 3.17. The average Bonchev–Trinajstić information content (AvgIpc) is 3.30. The normalized spacial score (nSPS) is 14.2. The third kappa shape index (κ3) is 5.64. The number of hydrogen-bond acceptors (Lipinski definition) is 2. The summed E-state index contributed by atoms with van der Waals surface area (Å²) in [5.41, 5.74) is 0.944. The molecule has 0 spiro atoms. The number of nitrogens with zero attached hydrogens (tertiary/aromatic N) is 1. The van der Waals surface area contributed by atoms with Crippen molar-refractivity contribution in [2.45, 2.75) is 39.3 Å². The van der Waals surface area contributed by atoms with Crippen molar-refractivity contribution in [3.63, 3.8) is 0 Å². The van der Waals surface area contributed by atoms with Gasteiger partial charge < -0.3 is 15.0 Å². The molecule has 22 heavy (non-hydrogen) atoms. The van der Waals surface area contributed by atoms with Crippen molar-refractivity contribution >= 4 is 6.03 Å². The standard InChI is InChI=1S/C17H25FN2O2/c1-13(2)12-22-10-9-19-17(21)20(16-7-8-16)11-14-3-5-15(18)6-4-14/h3-6,13,16H,7-12H2,1-2H3,(H,19,21). The number of amides is 2. The lowest BCUT2D eigenvalue weighted by Crippen LogP contribution is -2.42. The molecule has 4 nitrogen and oxygen atoms in total. The Morgan fingerprint density at radius 1 is 1.36 bits per heavy atom. The maximum atomic E-state index is 12.9. The molecule has 0 atom stereocenters. The van der Waals surface area contributed by atoms with Crippen molar-refractivity contribution in [1.29, 1.82) is 0 Å². The van der Waals surface area contributed by atoms with E-state index in [1.54, 1.807) is 12.1 Å². The van der Waals surface area contributed by atoms with Crippen LogP contribution in [0.1, 0.15) is 32.3 Å². The molecule has 5 heteroatoms. The second kappa shape index (κ2) is 8.13. The Bertz CT molecular complexity index is 472. The molecule has 0 heterocycles. The van der Waals surface area contributed by atoms with Gasteiger partial charge in [-0.25, -0.2) is 9.18 Å². The van der Waals surface area contributed by atoms with Crippen LogP contribution in [0, 0.1) is 11.7 Å². The van der Waals surface area contributed by atoms with Crippen molar-refractivity contribution in [3.8, 4) is 0 Å². The average molecular weight is 308 g/mol. The van der Waals surface area contributed by atoms with E-state index in [1.165, 1.54) is 12.1 Å². The summed E-state index contributed by atoms with van der Waals surface area (Å²) in [6.07, 6.45) is 2.08. The number of ether oxygens (including phenoxy) is 1. The monoisotopic (exact) mass is 308 g/mol. The fourth-order valence-corrected chi connectivity index (χ4v) is 2.19. The van der Waals surface area contributed by atoms with Gasteiger partial charge in [-0.1, -0.05) is 26.0 Å². The van der Waals surface area contributed by atoms with Gasteiger partial charge in [0.1, 0.15) is 5.82 Å². The highest BCUT2D eigenvalue weighted by atomic mass is 19.1. The lowest BCUT2D eigenvalue weighted by atomic mass is 10.2. The van der Waals surface area contributed by atoms with E-state index < -0.39 is 0 Å². The van der Waals surface area contributed by atoms with Gasteiger partial charge in [0, 0.05) is 25.7 Å². The molecule has 2 amide bonds. The molecular weight excluding hydrogens is 283 g/mol. The van der Waals surface area contributed by atoms with Crippen LogP contribution in [0.4, 0.5) is 9.18 Å². The van der Waals surface area contributed by atoms with Gasteiger partial charge in [0.05, 0.1) is 6.61 Å². The van der Waals surface area contributed by atoms with Gasteiger partial charge in [0.25, 0.3) is 0 Å². The minimum absolute atomic E-state index is 0.0695. The second-order valence-corrected chi connectivity index (χ2v) is 6.19. The first-order valence-electron chi connectivity index (χ1n) is 7.93. The van der Waals surface area contributed by atoms with Gasteiger partial charge in [-0.05, 0) is 36.5 Å². The quantitative estimate of drug-likeness (QED) is 0.750. The first-order chi connectivity index (χ1) is 10.6. The lowest BCUT2D eigenvalue weighted by molar-refractivity contribution is 0.110. The van der Waals surface area contributed by atoms with E-state index in [0.717, 1.165) is 18.4 Å². The van der Waals surface area contributed by atoms with Crippen LogP contribution in [-0.2, 0) is 11.3 Å². The minimum Gasteiger partial charge on any atom is -0.379 e. The number of carbonyl (C=O) groups excluding carboxylic acids is 1. The summed E-state index contributed by atoms with van der Waals surface area (Å²) >= 11 is 0. The topological polar surface area (TPSA) is 41.6 Å². The highest BCUT2D eigenvalue weighted by Crippen LogP contribution is 2.28. The number of hydrogen-bond donors (Lipinski definition) is 1. The Morgan fingerprint density at radius 2 is 2.05 bits per heavy atom. The first-order valence-corrected chi connectivity index (χ1v) is 7.93. The smallest absolute Gasteiger partial charge is 0.318 e. The van der Waals surface area contributed by atoms with Crippen molar-refractivity contribution in [3.05, 3.63) is 35.6 Å². The van der Waals surface area contributed by atoms with E-state index >= 15 is 0 Å². The third-order valence-electron chi connectivity index (χ3n) is 3.49. The van der Waals surface area contributed by atoms with Crippen molar-refractivity contribution in [2.24, 2.45) is 5.92 Å². The number of halogens is 1. The zero-order chi connectivity index (χ0) is 15.9. The van der Waals surface area contributed by atoms with Gasteiger partial charge >= 0.3 is 6.03 Å². The summed E-state index contributed by atoms with van der Waals surface area (Å²) in [6, 6.07) is 6.55. The van der Waals surface area contributed by atoms with E-state index in [4.69, 9.17) is 4.74 Å². The summed E-state index contributed by atoms with van der Waals surface area (Å²) < 4.78 is 18.4. The molecule has 0 aromatic heterocycles. The Hall–Kier alpha value is -1.62. The summed E-state index contributed by atoms with van der Waals surface area (Å²) in [6.45, 7) is 6.45. The highest BCUT2D eigenvalue weighted by molar-refractivity contribution is 5.74. The molecule has 122 valence electrons. The number of rotatable bonds is 8. The van der Waals surface area contributed by atoms with Crippen LogP contribution >= 0.6 is 0 Å². The molecule has 0 radical (unpaired) electrons. The van der Waals surface area contributed by atoms with Crippen LogP contribution < -0.4 is 5.32 Å². The fraction of sp³-hybridized carbons (Fsp3) is 0.588. The van der Waals surface area contributed by atoms with Gasteiger partial charge in [0.15, 0.2) is 0 Å². The number of nitrogens with one attached hydrogen (secondary N) is 1. The van der Waals surface area contributed by atoms with Crippen molar-refractivity contribution in [1.82, 2.24) is 10.2 Å². The van der Waals surface area contributed by atoms with Crippen LogP contribution in [0.3, 0.4) is 0 Å². The Morgan fingerprint density at radius 3 is 2.64 bits per heavy atom. The Kier molecular flexibility index (Phi) is 6.19. The van der Waals surface area contributed by atoms with Crippen LogP contribution in [0.25, 0.3) is 0 Å². The van der Waals surface area contributed by atoms with E-state index in [9.17, 15) is 9.18 Å². The summed E-state index contributed by atoms with van der Waals surface area (Å²) in [4.78, 5) is 14.1. The molecule has 1 N–H and O–H groups in total. The first kappa shape index (κ1) is 16.7. The third-order valence-corrected chi connectivity index (χ3v) is 3.49. The Labute approximate surface area is 131 Å². The maximum absolute atomic E-state index is 12.9. The van der Waals surface area contributed by atoms with Gasteiger partial charge in [-0.2, -0.15) is 0 Å². The van der Waals surface area contributed by atoms with E-state index in [-0.39, 0.29) is 11.8 Å². The number of benzene rings is 1. The second-order valence-electron chi connectivity index (χ2n) is 6.19. The summed E-state index contributed by atoms with van der Waals surface area (Å²) in [5, 5.41) is 2.90. The van der Waals surface area contributed by atoms with Gasteiger partial charge in [-0.3, -0.25) is 0 Å². The van der Waals surface area contributed by atoms with E-state index in [2.05, 4.69) is 19.2 Å². The zero-order valence-corrected chi connectivity index (χ0v) is 13.3. The lowest BCUT2D eigenvalue weighted by Gasteiger charge is -2.23. The maximum Gasteiger partial charge on any atom is 0.318 e. The Balaban J connectivity index is 1.78. The van der Waals surface area contributed by atoms with Crippen LogP contribution in [0.15, 0.2) is 24.3 Å². The zero-order valence-electron chi connectivity index (χ0n) is 13.3. The molecule has 0 saturated heterocycles. The van der Waals surface area contributed by atoms with Crippen LogP contribution in [0.2, 0.25) is 0 Å². The van der Waals surface area contributed by atoms with E-state index in [1.807, 2.05) is 4.90 Å². The van der Waals surface area contributed by atoms with Crippen molar-refractivity contribution in [2.75, 3.05) is 19.8 Å². The minimum atomic E-state index is -0.256. The molecule has 2 rings (SSSR count). The fourth-order valence-electron chi connectivity index (χ4n) is 2.19. The molecule has 1 aliphatic rings. The van der Waals surface area contributed by atoms with Crippen molar-refractivity contribution < 1.29 is 13.9 Å². The SMILES string of the molecule is CC(C)COCCNC(=O)N(Cc1ccc(F)cc1)C1CC1. The molecule has 1 aromatic rings. The summed E-state index contributed by atoms with van der Waals surface area (Å²) in [5.74, 6) is 0.241. The number of urea groups is 1. The molecule has 1 aliphatic carbocycles.